The summed E-state index contributed by atoms with van der Waals surface area (Å²) in [5.41, 5.74) is 1.23. The molecule has 2 fully saturated rings. The number of hydrogen-bond donors (Lipinski definition) is 2. The van der Waals surface area contributed by atoms with Gasteiger partial charge in [-0.05, 0) is 45.7 Å². The maximum absolute atomic E-state index is 12.7. The molecule has 7 heteroatoms. The van der Waals surface area contributed by atoms with E-state index in [2.05, 4.69) is 70.5 Å². The van der Waals surface area contributed by atoms with Crippen LogP contribution in [0.2, 0.25) is 0 Å². The van der Waals surface area contributed by atoms with Gasteiger partial charge in [-0.25, -0.2) is 4.99 Å². The van der Waals surface area contributed by atoms with Crippen molar-refractivity contribution in [1.29, 1.82) is 0 Å². The van der Waals surface area contributed by atoms with Gasteiger partial charge in [-0.2, -0.15) is 0 Å². The first-order valence-corrected chi connectivity index (χ1v) is 11.4. The number of para-hydroxylation sites is 1. The quantitative estimate of drug-likeness (QED) is 0.549. The Morgan fingerprint density at radius 2 is 1.73 bits per heavy atom. The SMILES string of the molecule is CCNC(=NCC(=O)N1CCN(c2ccccc2)CC1)NC1CCN(C(C)C)CC1. The average molecular weight is 415 g/mol. The number of piperidine rings is 1. The number of amides is 1. The standard InChI is InChI=1S/C23H38N6O/c1-4-24-23(26-20-10-12-27(13-11-20)19(2)3)25-18-22(30)29-16-14-28(15-17-29)21-8-6-5-7-9-21/h5-9,19-20H,4,10-18H2,1-3H3,(H2,24,25,26). The fourth-order valence-electron chi connectivity index (χ4n) is 4.17. The maximum Gasteiger partial charge on any atom is 0.244 e. The van der Waals surface area contributed by atoms with Gasteiger partial charge in [0.05, 0.1) is 0 Å². The van der Waals surface area contributed by atoms with E-state index in [0.717, 1.165) is 64.6 Å². The van der Waals surface area contributed by atoms with Gasteiger partial charge in [0.2, 0.25) is 5.91 Å². The van der Waals surface area contributed by atoms with Gasteiger partial charge >= 0.3 is 0 Å². The molecule has 2 aliphatic heterocycles. The lowest BCUT2D eigenvalue weighted by molar-refractivity contribution is -0.129. The second kappa shape index (κ2) is 11.2. The number of nitrogens with zero attached hydrogens (tertiary/aromatic N) is 4. The number of carbonyl (C=O) groups is 1. The van der Waals surface area contributed by atoms with E-state index >= 15 is 0 Å². The van der Waals surface area contributed by atoms with Crippen LogP contribution in [-0.2, 0) is 4.79 Å². The molecule has 1 amide bonds. The molecule has 0 saturated carbocycles. The number of carbonyl (C=O) groups excluding carboxylic acids is 1. The number of rotatable bonds is 6. The number of benzene rings is 1. The third-order valence-electron chi connectivity index (χ3n) is 6.07. The first-order valence-electron chi connectivity index (χ1n) is 11.4. The molecular weight excluding hydrogens is 376 g/mol. The van der Waals surface area contributed by atoms with Crippen molar-refractivity contribution >= 4 is 17.6 Å². The van der Waals surface area contributed by atoms with E-state index in [4.69, 9.17) is 0 Å². The predicted octanol–water partition coefficient (Wildman–Crippen LogP) is 1.76. The normalized spacial score (nSPS) is 19.3. The number of guanidine groups is 1. The molecule has 2 saturated heterocycles. The van der Waals surface area contributed by atoms with Gasteiger partial charge in [0.25, 0.3) is 0 Å². The molecule has 0 radical (unpaired) electrons. The van der Waals surface area contributed by atoms with E-state index < -0.39 is 0 Å². The molecule has 0 spiro atoms. The van der Waals surface area contributed by atoms with Crippen LogP contribution < -0.4 is 15.5 Å². The molecule has 30 heavy (non-hydrogen) atoms. The summed E-state index contributed by atoms with van der Waals surface area (Å²) in [6, 6.07) is 11.4. The molecule has 0 aromatic heterocycles. The maximum atomic E-state index is 12.7. The number of nitrogens with one attached hydrogen (secondary N) is 2. The fraction of sp³-hybridized carbons (Fsp3) is 0.652. The summed E-state index contributed by atoms with van der Waals surface area (Å²) in [7, 11) is 0. The smallest absolute Gasteiger partial charge is 0.244 e. The molecule has 0 aliphatic carbocycles. The number of hydrogen-bond acceptors (Lipinski definition) is 4. The van der Waals surface area contributed by atoms with Crippen LogP contribution in [0.15, 0.2) is 35.3 Å². The van der Waals surface area contributed by atoms with Crippen molar-refractivity contribution in [3.8, 4) is 0 Å². The Bertz CT molecular complexity index is 676. The summed E-state index contributed by atoms with van der Waals surface area (Å²) in [6.45, 7) is 13.0. The summed E-state index contributed by atoms with van der Waals surface area (Å²) < 4.78 is 0. The Kier molecular flexibility index (Phi) is 8.37. The van der Waals surface area contributed by atoms with Crippen molar-refractivity contribution in [1.82, 2.24) is 20.4 Å². The molecule has 2 heterocycles. The number of aliphatic imine (C=N–C) groups is 1. The van der Waals surface area contributed by atoms with E-state index in [1.54, 1.807) is 0 Å². The molecule has 2 N–H and O–H groups in total. The fourth-order valence-corrected chi connectivity index (χ4v) is 4.17. The molecule has 0 bridgehead atoms. The van der Waals surface area contributed by atoms with Gasteiger partial charge in [0.15, 0.2) is 5.96 Å². The molecule has 0 unspecified atom stereocenters. The van der Waals surface area contributed by atoms with Crippen LogP contribution in [0, 0.1) is 0 Å². The van der Waals surface area contributed by atoms with Gasteiger partial charge in [-0.15, -0.1) is 0 Å². The minimum absolute atomic E-state index is 0.106. The van der Waals surface area contributed by atoms with Gasteiger partial charge in [0.1, 0.15) is 6.54 Å². The van der Waals surface area contributed by atoms with E-state index in [0.29, 0.717) is 12.1 Å². The van der Waals surface area contributed by atoms with Crippen LogP contribution in [0.25, 0.3) is 0 Å². The summed E-state index contributed by atoms with van der Waals surface area (Å²) in [4.78, 5) is 24.1. The molecular formula is C23H38N6O. The monoisotopic (exact) mass is 414 g/mol. The topological polar surface area (TPSA) is 63.2 Å². The van der Waals surface area contributed by atoms with Crippen molar-refractivity contribution in [2.45, 2.75) is 45.7 Å². The van der Waals surface area contributed by atoms with E-state index in [1.165, 1.54) is 5.69 Å². The average Bonchev–Trinajstić information content (AvgIpc) is 2.78. The second-order valence-corrected chi connectivity index (χ2v) is 8.45. The van der Waals surface area contributed by atoms with Crippen LogP contribution >= 0.6 is 0 Å². The number of likely N-dealkylation sites (tertiary alicyclic amines) is 1. The molecule has 1 aromatic rings. The highest BCUT2D eigenvalue weighted by Crippen LogP contribution is 2.16. The van der Waals surface area contributed by atoms with Crippen molar-refractivity contribution in [2.75, 3.05) is 57.3 Å². The lowest BCUT2D eigenvalue weighted by Crippen LogP contribution is -2.51. The molecule has 2 aliphatic rings. The Balaban J connectivity index is 1.46. The predicted molar refractivity (Wildman–Crippen MR) is 124 cm³/mol. The Hall–Kier alpha value is -2.28. The zero-order chi connectivity index (χ0) is 21.3. The van der Waals surface area contributed by atoms with Crippen LogP contribution in [0.3, 0.4) is 0 Å². The zero-order valence-corrected chi connectivity index (χ0v) is 18.8. The van der Waals surface area contributed by atoms with Crippen molar-refractivity contribution < 1.29 is 4.79 Å². The highest BCUT2D eigenvalue weighted by molar-refractivity contribution is 5.85. The number of piperazine rings is 1. The van der Waals surface area contributed by atoms with E-state index in [1.807, 2.05) is 11.0 Å². The zero-order valence-electron chi connectivity index (χ0n) is 18.8. The summed E-state index contributed by atoms with van der Waals surface area (Å²) in [6.07, 6.45) is 2.22. The highest BCUT2D eigenvalue weighted by Gasteiger charge is 2.23. The highest BCUT2D eigenvalue weighted by atomic mass is 16.2. The molecule has 0 atom stereocenters. The lowest BCUT2D eigenvalue weighted by Gasteiger charge is -2.36. The number of anilines is 1. The van der Waals surface area contributed by atoms with Crippen LogP contribution in [0.4, 0.5) is 5.69 Å². The molecule has 166 valence electrons. The third kappa shape index (κ3) is 6.36. The van der Waals surface area contributed by atoms with E-state index in [9.17, 15) is 4.79 Å². The Morgan fingerprint density at radius 1 is 1.07 bits per heavy atom. The molecule has 1 aromatic carbocycles. The van der Waals surface area contributed by atoms with Gasteiger partial charge in [-0.1, -0.05) is 18.2 Å². The van der Waals surface area contributed by atoms with Gasteiger partial charge < -0.3 is 25.3 Å². The van der Waals surface area contributed by atoms with Gasteiger partial charge in [-0.3, -0.25) is 4.79 Å². The lowest BCUT2D eigenvalue weighted by atomic mass is 10.0. The van der Waals surface area contributed by atoms with Gasteiger partial charge in [0, 0.05) is 63.6 Å². The first kappa shape index (κ1) is 22.4. The molecule has 3 rings (SSSR count). The minimum atomic E-state index is 0.106. The van der Waals surface area contributed by atoms with Crippen LogP contribution in [-0.4, -0.2) is 86.1 Å². The Labute approximate surface area is 181 Å². The minimum Gasteiger partial charge on any atom is -0.368 e. The second-order valence-electron chi connectivity index (χ2n) is 8.45. The van der Waals surface area contributed by atoms with Crippen molar-refractivity contribution in [2.24, 2.45) is 4.99 Å². The third-order valence-corrected chi connectivity index (χ3v) is 6.07. The van der Waals surface area contributed by atoms with Crippen molar-refractivity contribution in [3.05, 3.63) is 30.3 Å². The summed E-state index contributed by atoms with van der Waals surface area (Å²) in [5, 5.41) is 6.83. The summed E-state index contributed by atoms with van der Waals surface area (Å²) >= 11 is 0. The van der Waals surface area contributed by atoms with Crippen LogP contribution in [0.5, 0.6) is 0 Å². The largest absolute Gasteiger partial charge is 0.368 e. The summed E-state index contributed by atoms with van der Waals surface area (Å²) in [5.74, 6) is 0.867. The van der Waals surface area contributed by atoms with E-state index in [-0.39, 0.29) is 12.5 Å². The van der Waals surface area contributed by atoms with Crippen LogP contribution in [0.1, 0.15) is 33.6 Å². The first-order chi connectivity index (χ1) is 14.6. The molecule has 7 nitrogen and oxygen atoms in total. The Morgan fingerprint density at radius 3 is 2.33 bits per heavy atom. The van der Waals surface area contributed by atoms with Crippen molar-refractivity contribution in [3.63, 3.8) is 0 Å².